The number of rotatable bonds is 6. The van der Waals surface area contributed by atoms with Gasteiger partial charge in [0, 0.05) is 30.2 Å². The molecule has 2 nitrogen and oxygen atoms in total. The fraction of sp³-hybridized carbons (Fsp3) is 0.889. The molecule has 91 valence electrons. The van der Waals surface area contributed by atoms with Gasteiger partial charge in [-0.1, -0.05) is 38.9 Å². The number of thiocarbonyl (C=S) groups is 1. The van der Waals surface area contributed by atoms with Crippen LogP contribution in [-0.2, 0) is 17.1 Å². The first-order valence-electron chi connectivity index (χ1n) is 4.70. The zero-order valence-corrected chi connectivity index (χ0v) is 11.5. The summed E-state index contributed by atoms with van der Waals surface area (Å²) >= 11 is 9.23. The minimum Gasteiger partial charge on any atom is -0.412 e. The van der Waals surface area contributed by atoms with Crippen LogP contribution < -0.4 is 0 Å². The summed E-state index contributed by atoms with van der Waals surface area (Å²) in [5, 5.41) is 0. The van der Waals surface area contributed by atoms with Crippen molar-refractivity contribution in [1.29, 1.82) is 0 Å². The SMILES string of the molecule is CCCCN(CCCC)C(=S)S.O.[Cu]. The van der Waals surface area contributed by atoms with Gasteiger partial charge in [0.1, 0.15) is 4.32 Å². The molecule has 0 rings (SSSR count). The molecular weight excluding hydrogens is 266 g/mol. The van der Waals surface area contributed by atoms with E-state index < -0.39 is 0 Å². The molecule has 0 saturated heterocycles. The van der Waals surface area contributed by atoms with Crippen LogP contribution in [0, 0.1) is 0 Å². The van der Waals surface area contributed by atoms with E-state index in [1.54, 1.807) is 0 Å². The third kappa shape index (κ3) is 10.8. The van der Waals surface area contributed by atoms with Gasteiger partial charge in [-0.3, -0.25) is 0 Å². The molecular formula is C9H21CuNOS2. The summed E-state index contributed by atoms with van der Waals surface area (Å²) in [4.78, 5) is 2.19. The maximum absolute atomic E-state index is 5.03. The monoisotopic (exact) mass is 286 g/mol. The van der Waals surface area contributed by atoms with Gasteiger partial charge in [0.25, 0.3) is 0 Å². The minimum absolute atomic E-state index is 0. The van der Waals surface area contributed by atoms with Crippen molar-refractivity contribution in [3.8, 4) is 0 Å². The van der Waals surface area contributed by atoms with Crippen LogP contribution >= 0.6 is 24.8 Å². The maximum Gasteiger partial charge on any atom is 0.133 e. The summed E-state index contributed by atoms with van der Waals surface area (Å²) in [6.45, 7) is 6.52. The Balaban J connectivity index is -0.000000605. The zero-order chi connectivity index (χ0) is 9.40. The second kappa shape index (κ2) is 13.7. The summed E-state index contributed by atoms with van der Waals surface area (Å²) in [5.41, 5.74) is 0. The van der Waals surface area contributed by atoms with Crippen molar-refractivity contribution in [3.63, 3.8) is 0 Å². The van der Waals surface area contributed by atoms with E-state index in [-0.39, 0.29) is 22.5 Å². The predicted molar refractivity (Wildman–Crippen MR) is 66.6 cm³/mol. The van der Waals surface area contributed by atoms with E-state index in [0.29, 0.717) is 0 Å². The third-order valence-corrected chi connectivity index (χ3v) is 2.37. The van der Waals surface area contributed by atoms with Crippen molar-refractivity contribution in [2.75, 3.05) is 13.1 Å². The Kier molecular flexibility index (Phi) is 19.8. The molecule has 0 aromatic rings. The topological polar surface area (TPSA) is 34.7 Å². The fourth-order valence-corrected chi connectivity index (χ4v) is 1.38. The van der Waals surface area contributed by atoms with Crippen LogP contribution in [0.5, 0.6) is 0 Å². The van der Waals surface area contributed by atoms with E-state index in [9.17, 15) is 0 Å². The number of nitrogens with zero attached hydrogens (tertiary/aromatic N) is 1. The van der Waals surface area contributed by atoms with E-state index in [1.165, 1.54) is 25.7 Å². The second-order valence-corrected chi connectivity index (χ2v) is 4.09. The predicted octanol–water partition coefficient (Wildman–Crippen LogP) is 2.28. The first-order valence-corrected chi connectivity index (χ1v) is 5.55. The Morgan fingerprint density at radius 3 is 1.71 bits per heavy atom. The van der Waals surface area contributed by atoms with Crippen molar-refractivity contribution in [2.24, 2.45) is 0 Å². The van der Waals surface area contributed by atoms with Gasteiger partial charge in [-0.15, -0.1) is 12.6 Å². The van der Waals surface area contributed by atoms with Crippen molar-refractivity contribution >= 4 is 29.2 Å². The first kappa shape index (κ1) is 20.2. The molecule has 5 heteroatoms. The van der Waals surface area contributed by atoms with Crippen molar-refractivity contribution in [3.05, 3.63) is 0 Å². The molecule has 0 aliphatic heterocycles. The Morgan fingerprint density at radius 2 is 1.50 bits per heavy atom. The molecule has 0 amide bonds. The molecule has 1 radical (unpaired) electrons. The van der Waals surface area contributed by atoms with Gasteiger partial charge in [-0.2, -0.15) is 0 Å². The van der Waals surface area contributed by atoms with Crippen LogP contribution in [0.2, 0.25) is 0 Å². The largest absolute Gasteiger partial charge is 0.412 e. The Bertz CT molecular complexity index is 128. The zero-order valence-electron chi connectivity index (χ0n) is 8.85. The van der Waals surface area contributed by atoms with Gasteiger partial charge in [0.15, 0.2) is 0 Å². The summed E-state index contributed by atoms with van der Waals surface area (Å²) in [6.07, 6.45) is 4.87. The molecule has 0 aliphatic rings. The first-order chi connectivity index (χ1) is 5.72. The molecule has 0 aliphatic carbocycles. The molecule has 0 saturated carbocycles. The van der Waals surface area contributed by atoms with Gasteiger partial charge in [0.05, 0.1) is 0 Å². The number of unbranched alkanes of at least 4 members (excludes halogenated alkanes) is 2. The minimum atomic E-state index is 0. The normalized spacial score (nSPS) is 8.50. The van der Waals surface area contributed by atoms with Gasteiger partial charge in [-0.05, 0) is 12.8 Å². The van der Waals surface area contributed by atoms with Crippen molar-refractivity contribution in [1.82, 2.24) is 4.90 Å². The quantitative estimate of drug-likeness (QED) is 0.462. The maximum atomic E-state index is 5.03. The molecule has 0 unspecified atom stereocenters. The summed E-state index contributed by atoms with van der Waals surface area (Å²) in [7, 11) is 0. The van der Waals surface area contributed by atoms with Gasteiger partial charge < -0.3 is 10.4 Å². The second-order valence-electron chi connectivity index (χ2n) is 2.98. The molecule has 0 heterocycles. The van der Waals surface area contributed by atoms with Crippen LogP contribution in [0.1, 0.15) is 39.5 Å². The number of thiol groups is 1. The average Bonchev–Trinajstić information content (AvgIpc) is 2.04. The molecule has 2 N–H and O–H groups in total. The van der Waals surface area contributed by atoms with Gasteiger partial charge in [-0.25, -0.2) is 0 Å². The van der Waals surface area contributed by atoms with Crippen LogP contribution in [0.15, 0.2) is 0 Å². The van der Waals surface area contributed by atoms with E-state index in [2.05, 4.69) is 31.4 Å². The summed E-state index contributed by atoms with van der Waals surface area (Å²) in [5.74, 6) is 0. The molecule has 0 fully saturated rings. The molecule has 14 heavy (non-hydrogen) atoms. The van der Waals surface area contributed by atoms with E-state index in [0.717, 1.165) is 17.4 Å². The van der Waals surface area contributed by atoms with Crippen molar-refractivity contribution < 1.29 is 22.5 Å². The Labute approximate surface area is 109 Å². The summed E-state index contributed by atoms with van der Waals surface area (Å²) < 4.78 is 0.747. The average molecular weight is 287 g/mol. The molecule has 0 aromatic carbocycles. The Morgan fingerprint density at radius 1 is 1.14 bits per heavy atom. The smallest absolute Gasteiger partial charge is 0.133 e. The van der Waals surface area contributed by atoms with Crippen molar-refractivity contribution in [2.45, 2.75) is 39.5 Å². The van der Waals surface area contributed by atoms with Crippen LogP contribution in [0.3, 0.4) is 0 Å². The van der Waals surface area contributed by atoms with E-state index in [4.69, 9.17) is 12.2 Å². The number of hydrogen-bond acceptors (Lipinski definition) is 1. The molecule has 0 bridgehead atoms. The van der Waals surface area contributed by atoms with Gasteiger partial charge >= 0.3 is 0 Å². The van der Waals surface area contributed by atoms with E-state index in [1.807, 2.05) is 0 Å². The fourth-order valence-electron chi connectivity index (χ4n) is 1.00. The third-order valence-electron chi connectivity index (χ3n) is 1.83. The van der Waals surface area contributed by atoms with E-state index >= 15 is 0 Å². The molecule has 0 spiro atoms. The molecule has 0 atom stereocenters. The Hall–Kier alpha value is 0.719. The molecule has 0 aromatic heterocycles. The summed E-state index contributed by atoms with van der Waals surface area (Å²) in [6, 6.07) is 0. The van der Waals surface area contributed by atoms with Crippen LogP contribution in [-0.4, -0.2) is 27.8 Å². The number of hydrogen-bond donors (Lipinski definition) is 1. The van der Waals surface area contributed by atoms with Crippen LogP contribution in [0.4, 0.5) is 0 Å². The standard InChI is InChI=1S/C9H19NS2.Cu.H2O/c1-3-5-7-10(9(11)12)8-6-4-2;;/h3-8H2,1-2H3,(H,11,12);;1H2. The van der Waals surface area contributed by atoms with Crippen LogP contribution in [0.25, 0.3) is 0 Å². The van der Waals surface area contributed by atoms with Gasteiger partial charge in [0.2, 0.25) is 0 Å².